The number of aromatic nitrogens is 1. The normalized spacial score (nSPS) is 25.4. The van der Waals surface area contributed by atoms with Gasteiger partial charge in [0.1, 0.15) is 10.9 Å². The first-order chi connectivity index (χ1) is 12.0. The van der Waals surface area contributed by atoms with E-state index in [1.165, 1.54) is 18.3 Å². The molecule has 1 heterocycles. The van der Waals surface area contributed by atoms with Crippen LogP contribution in [0.15, 0.2) is 24.3 Å². The predicted octanol–water partition coefficient (Wildman–Crippen LogP) is 3.97. The Morgan fingerprint density at radius 1 is 1.08 bits per heavy atom. The smallest absolute Gasteiger partial charge is 0.159 e. The summed E-state index contributed by atoms with van der Waals surface area (Å²) in [6.07, 6.45) is 2.42. The lowest BCUT2D eigenvalue weighted by Crippen LogP contribution is -2.35. The number of carbonyl (C=O) groups is 3. The first-order valence-corrected chi connectivity index (χ1v) is 9.43. The van der Waals surface area contributed by atoms with Crippen LogP contribution < -0.4 is 0 Å². The van der Waals surface area contributed by atoms with E-state index in [1.54, 1.807) is 12.1 Å². The quantitative estimate of drug-likeness (QED) is 0.618. The second-order valence-electron chi connectivity index (χ2n) is 7.04. The van der Waals surface area contributed by atoms with Gasteiger partial charge in [0.05, 0.1) is 5.69 Å². The summed E-state index contributed by atoms with van der Waals surface area (Å²) >= 11 is 1.50. The van der Waals surface area contributed by atoms with Crippen molar-refractivity contribution < 1.29 is 14.4 Å². The molecule has 128 valence electrons. The zero-order chi connectivity index (χ0) is 17.7. The average molecular weight is 353 g/mol. The van der Waals surface area contributed by atoms with E-state index in [-0.39, 0.29) is 29.2 Å². The lowest BCUT2D eigenvalue weighted by molar-refractivity contribution is -0.136. The number of carbonyl (C=O) groups excluding carboxylic acids is 3. The molecule has 1 unspecified atom stereocenters. The Hall–Kier alpha value is -2.14. The third-order valence-electron chi connectivity index (χ3n) is 5.45. The van der Waals surface area contributed by atoms with Gasteiger partial charge >= 0.3 is 0 Å². The molecule has 1 aromatic carbocycles. The molecule has 1 aromatic heterocycles. The van der Waals surface area contributed by atoms with Crippen LogP contribution in [0.4, 0.5) is 0 Å². The SMILES string of the molecule is CC(=O)c1ccc(-c2nc(C3C(=O)[C@@H]4CC[C@@H](C4)C3=O)c(C)s2)cc1. The van der Waals surface area contributed by atoms with Crippen LogP contribution in [0.1, 0.15) is 53.0 Å². The molecule has 3 atom stereocenters. The number of nitrogens with zero attached hydrogens (tertiary/aromatic N) is 1. The summed E-state index contributed by atoms with van der Waals surface area (Å²) in [5.41, 5.74) is 2.21. The van der Waals surface area contributed by atoms with Crippen molar-refractivity contribution in [3.63, 3.8) is 0 Å². The molecule has 0 spiro atoms. The summed E-state index contributed by atoms with van der Waals surface area (Å²) in [4.78, 5) is 42.4. The highest BCUT2D eigenvalue weighted by atomic mass is 32.1. The first kappa shape index (κ1) is 16.3. The second-order valence-corrected chi connectivity index (χ2v) is 8.24. The first-order valence-electron chi connectivity index (χ1n) is 8.62. The standard InChI is InChI=1S/C20H19NO3S/c1-10(22)12-3-5-13(6-4-12)20-21-17(11(2)25-20)16-18(23)14-7-8-15(9-14)19(16)24/h3-6,14-16H,7-9H2,1-2H3/t14-,15+,16?. The highest BCUT2D eigenvalue weighted by Crippen LogP contribution is 2.45. The van der Waals surface area contributed by atoms with Crippen molar-refractivity contribution in [3.05, 3.63) is 40.4 Å². The highest BCUT2D eigenvalue weighted by molar-refractivity contribution is 7.15. The van der Waals surface area contributed by atoms with E-state index in [1.807, 2.05) is 19.1 Å². The molecule has 0 N–H and O–H groups in total. The van der Waals surface area contributed by atoms with Crippen molar-refractivity contribution in [1.29, 1.82) is 0 Å². The molecular weight excluding hydrogens is 334 g/mol. The minimum Gasteiger partial charge on any atom is -0.298 e. The van der Waals surface area contributed by atoms with E-state index in [9.17, 15) is 14.4 Å². The highest BCUT2D eigenvalue weighted by Gasteiger charge is 2.48. The van der Waals surface area contributed by atoms with Crippen LogP contribution in [0, 0.1) is 18.8 Å². The molecule has 2 bridgehead atoms. The number of hydrogen-bond acceptors (Lipinski definition) is 5. The molecule has 0 radical (unpaired) electrons. The third-order valence-corrected chi connectivity index (χ3v) is 6.49. The van der Waals surface area contributed by atoms with Gasteiger partial charge in [-0.05, 0) is 33.1 Å². The fourth-order valence-corrected chi connectivity index (χ4v) is 4.98. The predicted molar refractivity (Wildman–Crippen MR) is 95.9 cm³/mol. The van der Waals surface area contributed by atoms with Crippen molar-refractivity contribution in [2.75, 3.05) is 0 Å². The maximum Gasteiger partial charge on any atom is 0.159 e. The molecule has 2 saturated carbocycles. The van der Waals surface area contributed by atoms with Gasteiger partial charge in [-0.25, -0.2) is 4.98 Å². The van der Waals surface area contributed by atoms with Gasteiger partial charge in [-0.2, -0.15) is 0 Å². The summed E-state index contributed by atoms with van der Waals surface area (Å²) in [7, 11) is 0. The maximum atomic E-state index is 12.7. The number of benzene rings is 1. The van der Waals surface area contributed by atoms with E-state index in [2.05, 4.69) is 4.98 Å². The molecule has 2 aliphatic rings. The van der Waals surface area contributed by atoms with Crippen molar-refractivity contribution in [2.24, 2.45) is 11.8 Å². The number of ketones is 3. The van der Waals surface area contributed by atoms with Crippen LogP contribution in [0.25, 0.3) is 10.6 Å². The fourth-order valence-electron chi connectivity index (χ4n) is 4.03. The minimum absolute atomic E-state index is 0.0245. The van der Waals surface area contributed by atoms with Gasteiger partial charge in [-0.15, -0.1) is 11.3 Å². The Kier molecular flexibility index (Phi) is 3.91. The van der Waals surface area contributed by atoms with E-state index in [0.717, 1.165) is 34.7 Å². The molecule has 0 amide bonds. The summed E-state index contributed by atoms with van der Waals surface area (Å²) in [5.74, 6) is -0.459. The second kappa shape index (κ2) is 5.99. The molecule has 4 nitrogen and oxygen atoms in total. The van der Waals surface area contributed by atoms with Crippen LogP contribution in [-0.2, 0) is 9.59 Å². The summed E-state index contributed by atoms with van der Waals surface area (Å²) in [6.45, 7) is 3.47. The van der Waals surface area contributed by atoms with Gasteiger partial charge < -0.3 is 0 Å². The van der Waals surface area contributed by atoms with Crippen molar-refractivity contribution in [3.8, 4) is 10.6 Å². The lowest BCUT2D eigenvalue weighted by atomic mass is 9.77. The molecule has 2 aromatic rings. The molecule has 0 aliphatic heterocycles. The Balaban J connectivity index is 1.70. The van der Waals surface area contributed by atoms with Gasteiger partial charge in [0.2, 0.25) is 0 Å². The Labute approximate surface area is 150 Å². The number of Topliss-reactive ketones (excluding diaryl/α,β-unsaturated/α-hetero) is 3. The Morgan fingerprint density at radius 2 is 1.68 bits per heavy atom. The zero-order valence-corrected chi connectivity index (χ0v) is 15.1. The van der Waals surface area contributed by atoms with Crippen LogP contribution in [0.2, 0.25) is 0 Å². The number of hydrogen-bond donors (Lipinski definition) is 0. The van der Waals surface area contributed by atoms with Crippen LogP contribution in [-0.4, -0.2) is 22.3 Å². The summed E-state index contributed by atoms with van der Waals surface area (Å²) in [5, 5.41) is 0.793. The van der Waals surface area contributed by atoms with E-state index < -0.39 is 5.92 Å². The molecule has 5 heteroatoms. The number of aryl methyl sites for hydroxylation is 1. The summed E-state index contributed by atoms with van der Waals surface area (Å²) < 4.78 is 0. The van der Waals surface area contributed by atoms with Crippen LogP contribution >= 0.6 is 11.3 Å². The van der Waals surface area contributed by atoms with Crippen molar-refractivity contribution in [2.45, 2.75) is 39.0 Å². The van der Waals surface area contributed by atoms with Gasteiger partial charge in [0.15, 0.2) is 17.3 Å². The van der Waals surface area contributed by atoms with E-state index in [4.69, 9.17) is 0 Å². The fraction of sp³-hybridized carbons (Fsp3) is 0.400. The topological polar surface area (TPSA) is 64.1 Å². The van der Waals surface area contributed by atoms with Crippen LogP contribution in [0.5, 0.6) is 0 Å². The maximum absolute atomic E-state index is 12.7. The van der Waals surface area contributed by atoms with Gasteiger partial charge in [-0.3, -0.25) is 14.4 Å². The van der Waals surface area contributed by atoms with E-state index >= 15 is 0 Å². The minimum atomic E-state index is -0.673. The van der Waals surface area contributed by atoms with Gasteiger partial charge in [0.25, 0.3) is 0 Å². The molecular formula is C20H19NO3S. The van der Waals surface area contributed by atoms with Gasteiger partial charge in [0, 0.05) is 27.8 Å². The van der Waals surface area contributed by atoms with Gasteiger partial charge in [-0.1, -0.05) is 24.3 Å². The zero-order valence-electron chi connectivity index (χ0n) is 14.2. The third kappa shape index (κ3) is 2.67. The number of thiazole rings is 1. The van der Waals surface area contributed by atoms with E-state index in [0.29, 0.717) is 11.3 Å². The Bertz CT molecular complexity index is 859. The largest absolute Gasteiger partial charge is 0.298 e. The lowest BCUT2D eigenvalue weighted by Gasteiger charge is -2.24. The van der Waals surface area contributed by atoms with Crippen LogP contribution in [0.3, 0.4) is 0 Å². The molecule has 0 saturated heterocycles. The van der Waals surface area contributed by atoms with Crippen molar-refractivity contribution >= 4 is 28.7 Å². The number of rotatable bonds is 3. The number of fused-ring (bicyclic) bond motifs is 2. The average Bonchev–Trinajstić information content (AvgIpc) is 3.20. The molecule has 4 rings (SSSR count). The molecule has 25 heavy (non-hydrogen) atoms. The summed E-state index contributed by atoms with van der Waals surface area (Å²) in [6, 6.07) is 7.30. The molecule has 2 aliphatic carbocycles. The monoisotopic (exact) mass is 353 g/mol. The molecule has 2 fully saturated rings. The Morgan fingerprint density at radius 3 is 2.24 bits per heavy atom. The van der Waals surface area contributed by atoms with Crippen molar-refractivity contribution in [1.82, 2.24) is 4.98 Å².